The summed E-state index contributed by atoms with van der Waals surface area (Å²) in [5.41, 5.74) is 21.8. The fraction of sp³-hybridized carbons (Fsp3) is 0.516. The Morgan fingerprint density at radius 2 is 0.406 bits per heavy atom. The molecule has 4 heterocycles. The lowest BCUT2D eigenvalue weighted by atomic mass is 9.62. The van der Waals surface area contributed by atoms with Gasteiger partial charge in [-0.2, -0.15) is 0 Å². The minimum Gasteiger partial charge on any atom is -0.308 e. The van der Waals surface area contributed by atoms with E-state index in [2.05, 4.69) is 168 Å². The van der Waals surface area contributed by atoms with Gasteiger partial charge in [0.2, 0.25) is 0 Å². The minimum absolute atomic E-state index is 0.109. The molecule has 13 rings (SSSR count). The molecule has 2 nitrogen and oxygen atoms in total. The molecule has 0 aliphatic heterocycles. The van der Waals surface area contributed by atoms with Gasteiger partial charge in [0.25, 0.3) is 0 Å². The lowest BCUT2D eigenvalue weighted by molar-refractivity contribution is 0.332. The van der Waals surface area contributed by atoms with Gasteiger partial charge in [0.05, 0.1) is 33.1 Å². The molecule has 0 saturated carbocycles. The van der Waals surface area contributed by atoms with Crippen LogP contribution in [-0.4, -0.2) is 8.80 Å². The molecule has 0 amide bonds. The van der Waals surface area contributed by atoms with Crippen LogP contribution in [0.4, 0.5) is 0 Å². The highest BCUT2D eigenvalue weighted by Crippen LogP contribution is 2.59. The van der Waals surface area contributed by atoms with Crippen molar-refractivity contribution in [2.24, 2.45) is 0 Å². The zero-order valence-electron chi connectivity index (χ0n) is 42.2. The molecule has 5 aromatic carbocycles. The van der Waals surface area contributed by atoms with Gasteiger partial charge in [-0.25, -0.2) is 0 Å². The van der Waals surface area contributed by atoms with Crippen molar-refractivity contribution in [1.29, 1.82) is 0 Å². The van der Waals surface area contributed by atoms with Crippen molar-refractivity contribution in [3.63, 3.8) is 0 Å². The number of nitrogens with zero attached hydrogens (tertiary/aromatic N) is 2. The Bertz CT molecular complexity index is 3130. The first-order valence-electron chi connectivity index (χ1n) is 25.3. The third kappa shape index (κ3) is 4.65. The van der Waals surface area contributed by atoms with Crippen LogP contribution in [0, 0.1) is 0 Å². The average molecular weight is 845 g/mol. The smallest absolute Gasteiger partial charge is 0.0634 e. The largest absolute Gasteiger partial charge is 0.308 e. The van der Waals surface area contributed by atoms with E-state index in [1.807, 2.05) is 0 Å². The third-order valence-electron chi connectivity index (χ3n) is 19.8. The number of rotatable bonds is 0. The summed E-state index contributed by atoms with van der Waals surface area (Å²) in [5.74, 6) is 0. The summed E-state index contributed by atoms with van der Waals surface area (Å²) in [4.78, 5) is 0. The van der Waals surface area contributed by atoms with E-state index in [1.54, 1.807) is 44.5 Å². The molecule has 330 valence electrons. The maximum Gasteiger partial charge on any atom is 0.0634 e. The lowest BCUT2D eigenvalue weighted by Crippen LogP contribution is -2.34. The van der Waals surface area contributed by atoms with Crippen LogP contribution >= 0.6 is 0 Å². The highest BCUT2D eigenvalue weighted by Gasteiger charge is 2.44. The SMILES string of the molecule is CC1(C)CCC(C)(C)c2cc3c(cc21)c1c2c4cc5c(cc4n4c6cc7c(cc6c(c6c8cc9c(cc8n3c16)C(C)(C)CCC9(C)C)c24)C(C)(C)CCC7(C)C)C(C)(C)CCC5(C)C. The molecular formula is C62H72N2. The summed E-state index contributed by atoms with van der Waals surface area (Å²) in [5, 5.41) is 11.7. The predicted molar refractivity (Wildman–Crippen MR) is 277 cm³/mol. The van der Waals surface area contributed by atoms with Crippen LogP contribution in [0.5, 0.6) is 0 Å². The highest BCUT2D eigenvalue weighted by atomic mass is 14.9. The summed E-state index contributed by atoms with van der Waals surface area (Å²) in [7, 11) is 0. The molecule has 0 radical (unpaired) electrons. The van der Waals surface area contributed by atoms with Gasteiger partial charge < -0.3 is 8.80 Å². The molecule has 0 N–H and O–H groups in total. The van der Waals surface area contributed by atoms with E-state index in [0.29, 0.717) is 0 Å². The molecule has 0 atom stereocenters. The number of aromatic nitrogens is 2. The summed E-state index contributed by atoms with van der Waals surface area (Å²) in [6, 6.07) is 21.6. The first-order chi connectivity index (χ1) is 29.7. The minimum atomic E-state index is 0.109. The van der Waals surface area contributed by atoms with E-state index < -0.39 is 0 Å². The Morgan fingerprint density at radius 3 is 0.578 bits per heavy atom. The van der Waals surface area contributed by atoms with Crippen LogP contribution in [0.25, 0.3) is 76.2 Å². The monoisotopic (exact) mass is 845 g/mol. The molecule has 64 heavy (non-hydrogen) atoms. The Morgan fingerprint density at radius 1 is 0.250 bits per heavy atom. The predicted octanol–water partition coefficient (Wildman–Crippen LogP) is 17.4. The zero-order chi connectivity index (χ0) is 45.2. The van der Waals surface area contributed by atoms with Gasteiger partial charge in [-0.15, -0.1) is 0 Å². The Kier molecular flexibility index (Phi) is 7.04. The van der Waals surface area contributed by atoms with E-state index >= 15 is 0 Å². The second-order valence-electron chi connectivity index (χ2n) is 27.6. The van der Waals surface area contributed by atoms with E-state index in [4.69, 9.17) is 0 Å². The van der Waals surface area contributed by atoms with E-state index in [0.717, 1.165) is 0 Å². The van der Waals surface area contributed by atoms with Crippen molar-refractivity contribution in [2.45, 2.75) is 205 Å². The molecule has 4 aliphatic rings. The van der Waals surface area contributed by atoms with Crippen molar-refractivity contribution >= 4 is 76.2 Å². The molecule has 0 unspecified atom stereocenters. The standard InChI is InChI=1S/C62H72N2/c1-55(2)17-21-59(9,10)41-29-45-33(25-37(41)55)49-50-34-26-38-43(61(13,14)23-18-56(38,3)4)31-47(34)64-48-32-44-40(58(7,8)20-24-62(44,15)16)28-36(48)52(54(50)64)51-35-27-39-42(30-46(35)63(45)53(49)51)60(11,12)22-19-57(39,5)6/h25-32H,17-24H2,1-16H3. The average Bonchev–Trinajstić information content (AvgIpc) is 3.93. The van der Waals surface area contributed by atoms with E-state index in [9.17, 15) is 0 Å². The number of fused-ring (bicyclic) bond motifs is 18. The Labute approximate surface area is 381 Å². The van der Waals surface area contributed by atoms with Crippen LogP contribution in [0.2, 0.25) is 0 Å². The molecule has 0 spiro atoms. The topological polar surface area (TPSA) is 8.82 Å². The van der Waals surface area contributed by atoms with Gasteiger partial charge in [-0.05, 0) is 188 Å². The van der Waals surface area contributed by atoms with Crippen LogP contribution in [0.3, 0.4) is 0 Å². The zero-order valence-corrected chi connectivity index (χ0v) is 42.2. The normalized spacial score (nSPS) is 23.5. The van der Waals surface area contributed by atoms with E-state index in [1.165, 1.54) is 128 Å². The van der Waals surface area contributed by atoms with Crippen molar-refractivity contribution in [2.75, 3.05) is 0 Å². The van der Waals surface area contributed by atoms with Gasteiger partial charge in [0.15, 0.2) is 0 Å². The molecule has 2 heteroatoms. The lowest BCUT2D eigenvalue weighted by Gasteiger charge is -2.42. The van der Waals surface area contributed by atoms with Crippen LogP contribution < -0.4 is 0 Å². The van der Waals surface area contributed by atoms with Crippen molar-refractivity contribution in [1.82, 2.24) is 8.80 Å². The van der Waals surface area contributed by atoms with Gasteiger partial charge in [-0.3, -0.25) is 0 Å². The molecule has 4 aromatic heterocycles. The summed E-state index contributed by atoms with van der Waals surface area (Å²) >= 11 is 0. The van der Waals surface area contributed by atoms with Crippen molar-refractivity contribution < 1.29 is 0 Å². The van der Waals surface area contributed by atoms with Gasteiger partial charge in [0, 0.05) is 43.1 Å². The highest BCUT2D eigenvalue weighted by molar-refractivity contribution is 6.45. The van der Waals surface area contributed by atoms with Crippen LogP contribution in [0.1, 0.15) is 207 Å². The maximum atomic E-state index is 2.80. The molecule has 0 bridgehead atoms. The number of benzene rings is 5. The van der Waals surface area contributed by atoms with Crippen molar-refractivity contribution in [3.05, 3.63) is 93.0 Å². The first-order valence-corrected chi connectivity index (χ1v) is 25.3. The van der Waals surface area contributed by atoms with E-state index in [-0.39, 0.29) is 43.3 Å². The number of hydrogen-bond acceptors (Lipinski definition) is 0. The quantitative estimate of drug-likeness (QED) is 0.144. The first kappa shape index (κ1) is 40.0. The number of hydrogen-bond donors (Lipinski definition) is 0. The summed E-state index contributed by atoms with van der Waals surface area (Å²) in [6.45, 7) is 40.2. The second kappa shape index (κ2) is 11.3. The fourth-order valence-electron chi connectivity index (χ4n) is 14.9. The fourth-order valence-corrected chi connectivity index (χ4v) is 14.9. The van der Waals surface area contributed by atoms with Gasteiger partial charge >= 0.3 is 0 Å². The van der Waals surface area contributed by atoms with Gasteiger partial charge in [-0.1, -0.05) is 111 Å². The Balaban J connectivity index is 1.36. The molecule has 4 aliphatic carbocycles. The van der Waals surface area contributed by atoms with Crippen molar-refractivity contribution in [3.8, 4) is 0 Å². The summed E-state index contributed by atoms with van der Waals surface area (Å²) < 4.78 is 5.61. The molecule has 9 aromatic rings. The molecule has 0 saturated heterocycles. The Hall–Kier alpha value is -4.30. The summed E-state index contributed by atoms with van der Waals surface area (Å²) in [6.07, 6.45) is 9.70. The van der Waals surface area contributed by atoms with Crippen LogP contribution in [-0.2, 0) is 43.3 Å². The maximum absolute atomic E-state index is 2.80. The molecule has 0 fully saturated rings. The third-order valence-corrected chi connectivity index (χ3v) is 19.8. The van der Waals surface area contributed by atoms with Crippen LogP contribution in [0.15, 0.2) is 48.5 Å². The second-order valence-corrected chi connectivity index (χ2v) is 27.6. The van der Waals surface area contributed by atoms with Gasteiger partial charge in [0.1, 0.15) is 0 Å². The molecular weight excluding hydrogens is 773 g/mol.